The molecule has 0 radical (unpaired) electrons. The van der Waals surface area contributed by atoms with Crippen molar-refractivity contribution in [2.24, 2.45) is 0 Å². The minimum Gasteiger partial charge on any atom is -0.460 e. The van der Waals surface area contributed by atoms with E-state index in [0.29, 0.717) is 13.0 Å². The van der Waals surface area contributed by atoms with Crippen molar-refractivity contribution in [3.8, 4) is 0 Å². The number of ether oxygens (including phenoxy) is 2. The Hall–Kier alpha value is -1.61. The Morgan fingerprint density at radius 3 is 2.50 bits per heavy atom. The van der Waals surface area contributed by atoms with Gasteiger partial charge < -0.3 is 9.47 Å². The molecule has 3 nitrogen and oxygen atoms in total. The fourth-order valence-electron chi connectivity index (χ4n) is 1.75. The zero-order chi connectivity index (χ0) is 15.0. The monoisotopic (exact) mass is 276 g/mol. The van der Waals surface area contributed by atoms with Crippen LogP contribution in [0.15, 0.2) is 43.0 Å². The minimum atomic E-state index is -0.463. The third kappa shape index (κ3) is 7.10. The van der Waals surface area contributed by atoms with Gasteiger partial charge in [0.1, 0.15) is 5.60 Å². The van der Waals surface area contributed by atoms with E-state index in [-0.39, 0.29) is 18.5 Å². The summed E-state index contributed by atoms with van der Waals surface area (Å²) in [5.41, 5.74) is 0.626. The molecule has 0 saturated heterocycles. The van der Waals surface area contributed by atoms with Crippen LogP contribution in [0.3, 0.4) is 0 Å². The highest BCUT2D eigenvalue weighted by atomic mass is 16.6. The predicted molar refractivity (Wildman–Crippen MR) is 80.3 cm³/mol. The third-order valence-electron chi connectivity index (χ3n) is 2.57. The fourth-order valence-corrected chi connectivity index (χ4v) is 1.75. The zero-order valence-corrected chi connectivity index (χ0v) is 12.6. The van der Waals surface area contributed by atoms with Gasteiger partial charge in [0.25, 0.3) is 0 Å². The molecule has 110 valence electrons. The van der Waals surface area contributed by atoms with E-state index in [4.69, 9.17) is 9.47 Å². The van der Waals surface area contributed by atoms with E-state index >= 15 is 0 Å². The first-order chi connectivity index (χ1) is 9.40. The van der Waals surface area contributed by atoms with Gasteiger partial charge in [-0.1, -0.05) is 36.4 Å². The van der Waals surface area contributed by atoms with Gasteiger partial charge in [-0.15, -0.1) is 6.58 Å². The maximum absolute atomic E-state index is 11.8. The van der Waals surface area contributed by atoms with Crippen molar-refractivity contribution in [1.82, 2.24) is 0 Å². The van der Waals surface area contributed by atoms with E-state index in [2.05, 4.69) is 6.58 Å². The molecule has 0 spiro atoms. The molecule has 0 aromatic heterocycles. The summed E-state index contributed by atoms with van der Waals surface area (Å²) in [5, 5.41) is 0. The number of hydrogen-bond acceptors (Lipinski definition) is 3. The lowest BCUT2D eigenvalue weighted by atomic mass is 10.1. The molecule has 0 aliphatic carbocycles. The molecule has 0 amide bonds. The molecule has 0 bridgehead atoms. The second-order valence-corrected chi connectivity index (χ2v) is 5.73. The molecule has 0 N–H and O–H groups in total. The molecule has 3 heteroatoms. The van der Waals surface area contributed by atoms with Crippen LogP contribution in [-0.2, 0) is 20.9 Å². The first-order valence-corrected chi connectivity index (χ1v) is 6.89. The Labute approximate surface area is 121 Å². The van der Waals surface area contributed by atoms with Crippen molar-refractivity contribution in [2.45, 2.75) is 51.9 Å². The summed E-state index contributed by atoms with van der Waals surface area (Å²) >= 11 is 0. The molecule has 0 heterocycles. The molecule has 0 fully saturated rings. The van der Waals surface area contributed by atoms with Gasteiger partial charge in [-0.25, -0.2) is 0 Å². The molecule has 0 aliphatic heterocycles. The Balaban J connectivity index is 2.48. The SMILES string of the molecule is C=CC[C@@H](CC(=O)OC(C)(C)C)OCc1ccccc1. The third-order valence-corrected chi connectivity index (χ3v) is 2.57. The van der Waals surface area contributed by atoms with Crippen molar-refractivity contribution < 1.29 is 14.3 Å². The van der Waals surface area contributed by atoms with Gasteiger partial charge in [-0.3, -0.25) is 4.79 Å². The number of rotatable bonds is 7. The average Bonchev–Trinajstić information content (AvgIpc) is 2.35. The van der Waals surface area contributed by atoms with Crippen molar-refractivity contribution in [2.75, 3.05) is 0 Å². The van der Waals surface area contributed by atoms with Crippen molar-refractivity contribution in [1.29, 1.82) is 0 Å². The Bertz CT molecular complexity index is 418. The van der Waals surface area contributed by atoms with Crippen LogP contribution in [0.5, 0.6) is 0 Å². The van der Waals surface area contributed by atoms with Gasteiger partial charge in [0, 0.05) is 0 Å². The summed E-state index contributed by atoms with van der Waals surface area (Å²) in [5.74, 6) is -0.239. The number of carbonyl (C=O) groups is 1. The Morgan fingerprint density at radius 1 is 1.30 bits per heavy atom. The first-order valence-electron chi connectivity index (χ1n) is 6.89. The summed E-state index contributed by atoms with van der Waals surface area (Å²) < 4.78 is 11.1. The lowest BCUT2D eigenvalue weighted by Gasteiger charge is -2.22. The summed E-state index contributed by atoms with van der Waals surface area (Å²) in [7, 11) is 0. The van der Waals surface area contributed by atoms with Crippen LogP contribution in [-0.4, -0.2) is 17.7 Å². The summed E-state index contributed by atoms with van der Waals surface area (Å²) in [6.07, 6.45) is 2.45. The summed E-state index contributed by atoms with van der Waals surface area (Å²) in [6.45, 7) is 9.77. The normalized spacial score (nSPS) is 12.8. The average molecular weight is 276 g/mol. The standard InChI is InChI=1S/C17H24O3/c1-5-9-15(12-16(18)20-17(2,3)4)19-13-14-10-7-6-8-11-14/h5-8,10-11,15H,1,9,12-13H2,2-4H3/t15-/m0/s1. The Morgan fingerprint density at radius 2 is 1.95 bits per heavy atom. The maximum Gasteiger partial charge on any atom is 0.308 e. The fraction of sp³-hybridized carbons (Fsp3) is 0.471. The predicted octanol–water partition coefficient (Wildman–Crippen LogP) is 3.88. The van der Waals surface area contributed by atoms with E-state index in [1.807, 2.05) is 51.1 Å². The van der Waals surface area contributed by atoms with Crippen LogP contribution in [0.2, 0.25) is 0 Å². The molecule has 1 aromatic carbocycles. The summed E-state index contributed by atoms with van der Waals surface area (Å²) in [4.78, 5) is 11.8. The number of esters is 1. The minimum absolute atomic E-state index is 0.192. The van der Waals surface area contributed by atoms with Crippen LogP contribution >= 0.6 is 0 Å². The smallest absolute Gasteiger partial charge is 0.308 e. The Kier molecular flexibility index (Phi) is 6.46. The number of carbonyl (C=O) groups excluding carboxylic acids is 1. The van der Waals surface area contributed by atoms with Gasteiger partial charge in [-0.2, -0.15) is 0 Å². The lowest BCUT2D eigenvalue weighted by molar-refractivity contribution is -0.158. The lowest BCUT2D eigenvalue weighted by Crippen LogP contribution is -2.27. The van der Waals surface area contributed by atoms with Gasteiger partial charge in [0.15, 0.2) is 0 Å². The van der Waals surface area contributed by atoms with E-state index in [9.17, 15) is 4.79 Å². The molecular formula is C17H24O3. The molecular weight excluding hydrogens is 252 g/mol. The van der Waals surface area contributed by atoms with Crippen molar-refractivity contribution in [3.63, 3.8) is 0 Å². The summed E-state index contributed by atoms with van der Waals surface area (Å²) in [6, 6.07) is 9.90. The largest absolute Gasteiger partial charge is 0.460 e. The highest BCUT2D eigenvalue weighted by Crippen LogP contribution is 2.14. The second kappa shape index (κ2) is 7.85. The molecule has 0 unspecified atom stereocenters. The van der Waals surface area contributed by atoms with Crippen LogP contribution in [0.25, 0.3) is 0 Å². The number of hydrogen-bond donors (Lipinski definition) is 0. The van der Waals surface area contributed by atoms with Gasteiger partial charge in [0.05, 0.1) is 19.1 Å². The highest BCUT2D eigenvalue weighted by Gasteiger charge is 2.20. The molecule has 1 aromatic rings. The molecule has 0 saturated carbocycles. The van der Waals surface area contributed by atoms with Crippen molar-refractivity contribution >= 4 is 5.97 Å². The van der Waals surface area contributed by atoms with E-state index in [0.717, 1.165) is 5.56 Å². The van der Waals surface area contributed by atoms with E-state index < -0.39 is 5.60 Å². The van der Waals surface area contributed by atoms with Gasteiger partial charge in [-0.05, 0) is 32.8 Å². The molecule has 1 atom stereocenters. The highest BCUT2D eigenvalue weighted by molar-refractivity contribution is 5.70. The molecule has 0 aliphatic rings. The second-order valence-electron chi connectivity index (χ2n) is 5.73. The van der Waals surface area contributed by atoms with Crippen LogP contribution < -0.4 is 0 Å². The molecule has 20 heavy (non-hydrogen) atoms. The quantitative estimate of drug-likeness (QED) is 0.560. The van der Waals surface area contributed by atoms with Crippen LogP contribution in [0.4, 0.5) is 0 Å². The molecule has 1 rings (SSSR count). The number of benzene rings is 1. The van der Waals surface area contributed by atoms with Crippen molar-refractivity contribution in [3.05, 3.63) is 48.6 Å². The topological polar surface area (TPSA) is 35.5 Å². The van der Waals surface area contributed by atoms with Gasteiger partial charge >= 0.3 is 5.97 Å². The van der Waals surface area contributed by atoms with E-state index in [1.165, 1.54) is 0 Å². The van der Waals surface area contributed by atoms with E-state index in [1.54, 1.807) is 6.08 Å². The maximum atomic E-state index is 11.8. The van der Waals surface area contributed by atoms with Crippen LogP contribution in [0.1, 0.15) is 39.2 Å². The first kappa shape index (κ1) is 16.4. The van der Waals surface area contributed by atoms with Gasteiger partial charge in [0.2, 0.25) is 0 Å². The zero-order valence-electron chi connectivity index (χ0n) is 12.6. The van der Waals surface area contributed by atoms with Crippen LogP contribution in [0, 0.1) is 0 Å².